The fourth-order valence-electron chi connectivity index (χ4n) is 2.92. The van der Waals surface area contributed by atoms with E-state index in [1.165, 1.54) is 37.1 Å². The number of methoxy groups -OCH3 is 1. The van der Waals surface area contributed by atoms with Gasteiger partial charge in [0, 0.05) is 30.9 Å². The zero-order valence-corrected chi connectivity index (χ0v) is 10.4. The summed E-state index contributed by atoms with van der Waals surface area (Å²) >= 11 is 0. The first-order valence-electron chi connectivity index (χ1n) is 6.52. The van der Waals surface area contributed by atoms with Gasteiger partial charge in [0.05, 0.1) is 7.11 Å². The molecular formula is C14H20N2O. The maximum atomic E-state index is 5.32. The molecule has 3 nitrogen and oxygen atoms in total. The summed E-state index contributed by atoms with van der Waals surface area (Å²) in [7, 11) is 1.74. The second-order valence-electron chi connectivity index (χ2n) is 4.98. The van der Waals surface area contributed by atoms with Crippen LogP contribution in [0.15, 0.2) is 18.2 Å². The van der Waals surface area contributed by atoms with Gasteiger partial charge in [-0.1, -0.05) is 6.07 Å². The van der Waals surface area contributed by atoms with Gasteiger partial charge in [0.15, 0.2) is 0 Å². The van der Waals surface area contributed by atoms with Gasteiger partial charge in [-0.15, -0.1) is 0 Å². The van der Waals surface area contributed by atoms with E-state index in [0.29, 0.717) is 6.04 Å². The lowest BCUT2D eigenvalue weighted by Crippen LogP contribution is -2.36. The zero-order valence-electron chi connectivity index (χ0n) is 10.4. The molecule has 3 rings (SSSR count). The van der Waals surface area contributed by atoms with Crippen LogP contribution in [0.2, 0.25) is 0 Å². The maximum Gasteiger partial charge on any atom is 0.120 e. The van der Waals surface area contributed by atoms with E-state index in [2.05, 4.69) is 28.4 Å². The molecule has 1 N–H and O–H groups in total. The van der Waals surface area contributed by atoms with Crippen LogP contribution in [0.25, 0.3) is 0 Å². The minimum Gasteiger partial charge on any atom is -0.497 e. The lowest BCUT2D eigenvalue weighted by Gasteiger charge is -2.23. The van der Waals surface area contributed by atoms with Crippen molar-refractivity contribution in [2.24, 2.45) is 0 Å². The lowest BCUT2D eigenvalue weighted by atomic mass is 10.1. The molecule has 0 radical (unpaired) electrons. The van der Waals surface area contributed by atoms with E-state index in [-0.39, 0.29) is 0 Å². The Kier molecular flexibility index (Phi) is 2.93. The molecule has 1 saturated heterocycles. The van der Waals surface area contributed by atoms with E-state index in [4.69, 9.17) is 4.74 Å². The van der Waals surface area contributed by atoms with Gasteiger partial charge < -0.3 is 15.0 Å². The molecule has 1 unspecified atom stereocenters. The topological polar surface area (TPSA) is 24.5 Å². The third kappa shape index (κ3) is 2.12. The molecule has 1 aromatic rings. The third-order valence-electron chi connectivity index (χ3n) is 3.89. The van der Waals surface area contributed by atoms with E-state index in [0.717, 1.165) is 18.8 Å². The molecule has 0 spiro atoms. The van der Waals surface area contributed by atoms with E-state index in [1.54, 1.807) is 7.11 Å². The van der Waals surface area contributed by atoms with Crippen molar-refractivity contribution in [2.45, 2.75) is 25.3 Å². The molecule has 1 aromatic carbocycles. The molecule has 0 aliphatic carbocycles. The van der Waals surface area contributed by atoms with Crippen LogP contribution < -0.4 is 15.0 Å². The fraction of sp³-hybridized carbons (Fsp3) is 0.571. The Balaban J connectivity index is 1.76. The van der Waals surface area contributed by atoms with Crippen molar-refractivity contribution in [1.29, 1.82) is 0 Å². The molecule has 2 aliphatic heterocycles. The van der Waals surface area contributed by atoms with Crippen LogP contribution >= 0.6 is 0 Å². The number of anilines is 1. The number of fused-ring (bicyclic) bond motifs is 1. The van der Waals surface area contributed by atoms with Crippen molar-refractivity contribution >= 4 is 5.69 Å². The molecule has 0 bridgehead atoms. The number of ether oxygens (including phenoxy) is 1. The van der Waals surface area contributed by atoms with Crippen molar-refractivity contribution in [3.63, 3.8) is 0 Å². The average Bonchev–Trinajstić information content (AvgIpc) is 2.99. The number of hydrogen-bond donors (Lipinski definition) is 1. The molecule has 17 heavy (non-hydrogen) atoms. The standard InChI is InChI=1S/C14H20N2O/c1-17-13-5-4-11-6-8-16(14(11)9-13)10-12-3-2-7-15-12/h4-5,9,12,15H,2-3,6-8,10H2,1H3. The van der Waals surface area contributed by atoms with Crippen LogP contribution in [0.1, 0.15) is 18.4 Å². The highest BCUT2D eigenvalue weighted by molar-refractivity contribution is 5.61. The lowest BCUT2D eigenvalue weighted by molar-refractivity contribution is 0.415. The zero-order chi connectivity index (χ0) is 11.7. The molecule has 1 fully saturated rings. The minimum atomic E-state index is 0.673. The van der Waals surface area contributed by atoms with Gasteiger partial charge in [0.1, 0.15) is 5.75 Å². The largest absolute Gasteiger partial charge is 0.497 e. The SMILES string of the molecule is COc1ccc2c(c1)N(CC1CCCN1)CC2. The molecule has 2 heterocycles. The number of rotatable bonds is 3. The second kappa shape index (κ2) is 4.57. The quantitative estimate of drug-likeness (QED) is 0.860. The van der Waals surface area contributed by atoms with E-state index < -0.39 is 0 Å². The summed E-state index contributed by atoms with van der Waals surface area (Å²) in [6.45, 7) is 3.48. The van der Waals surface area contributed by atoms with Gasteiger partial charge in [-0.2, -0.15) is 0 Å². The summed E-state index contributed by atoms with van der Waals surface area (Å²) in [5, 5.41) is 3.57. The minimum absolute atomic E-state index is 0.673. The van der Waals surface area contributed by atoms with Crippen LogP contribution in [0.4, 0.5) is 5.69 Å². The monoisotopic (exact) mass is 232 g/mol. The Hall–Kier alpha value is -1.22. The van der Waals surface area contributed by atoms with Crippen molar-refractivity contribution in [1.82, 2.24) is 5.32 Å². The summed E-state index contributed by atoms with van der Waals surface area (Å²) in [6.07, 6.45) is 3.81. The number of benzene rings is 1. The van der Waals surface area contributed by atoms with Crippen LogP contribution in [-0.4, -0.2) is 32.8 Å². The van der Waals surface area contributed by atoms with Gasteiger partial charge in [0.25, 0.3) is 0 Å². The second-order valence-corrected chi connectivity index (χ2v) is 4.98. The van der Waals surface area contributed by atoms with Gasteiger partial charge in [-0.05, 0) is 37.4 Å². The van der Waals surface area contributed by atoms with E-state index in [9.17, 15) is 0 Å². The molecular weight excluding hydrogens is 212 g/mol. The van der Waals surface area contributed by atoms with Crippen molar-refractivity contribution in [3.8, 4) is 5.75 Å². The molecule has 2 aliphatic rings. The van der Waals surface area contributed by atoms with Crippen LogP contribution in [0, 0.1) is 0 Å². The van der Waals surface area contributed by atoms with Crippen molar-refractivity contribution in [2.75, 3.05) is 31.6 Å². The highest BCUT2D eigenvalue weighted by Gasteiger charge is 2.23. The van der Waals surface area contributed by atoms with Crippen molar-refractivity contribution in [3.05, 3.63) is 23.8 Å². The normalized spacial score (nSPS) is 22.9. The summed E-state index contributed by atoms with van der Waals surface area (Å²) in [5.74, 6) is 0.968. The predicted octanol–water partition coefficient (Wildman–Crippen LogP) is 1.81. The first-order valence-corrected chi connectivity index (χ1v) is 6.52. The van der Waals surface area contributed by atoms with Gasteiger partial charge in [0.2, 0.25) is 0 Å². The summed E-state index contributed by atoms with van der Waals surface area (Å²) in [5.41, 5.74) is 2.84. The highest BCUT2D eigenvalue weighted by atomic mass is 16.5. The molecule has 0 amide bonds. The molecule has 0 saturated carbocycles. The number of hydrogen-bond acceptors (Lipinski definition) is 3. The molecule has 92 valence electrons. The summed E-state index contributed by atoms with van der Waals surface area (Å²) in [4.78, 5) is 2.50. The molecule has 1 atom stereocenters. The Labute approximate surface area is 103 Å². The van der Waals surface area contributed by atoms with Crippen LogP contribution in [-0.2, 0) is 6.42 Å². The third-order valence-corrected chi connectivity index (χ3v) is 3.89. The van der Waals surface area contributed by atoms with Gasteiger partial charge in [-0.3, -0.25) is 0 Å². The van der Waals surface area contributed by atoms with E-state index >= 15 is 0 Å². The van der Waals surface area contributed by atoms with E-state index in [1.807, 2.05) is 0 Å². The Bertz CT molecular complexity index is 399. The first kappa shape index (κ1) is 10.9. The summed E-state index contributed by atoms with van der Waals surface area (Å²) in [6, 6.07) is 7.12. The number of nitrogens with one attached hydrogen (secondary N) is 1. The van der Waals surface area contributed by atoms with Crippen LogP contribution in [0.3, 0.4) is 0 Å². The van der Waals surface area contributed by atoms with Crippen LogP contribution in [0.5, 0.6) is 5.75 Å². The predicted molar refractivity (Wildman–Crippen MR) is 69.9 cm³/mol. The summed E-state index contributed by atoms with van der Waals surface area (Å²) < 4.78 is 5.32. The van der Waals surface area contributed by atoms with Gasteiger partial charge in [-0.25, -0.2) is 0 Å². The smallest absolute Gasteiger partial charge is 0.120 e. The fourth-order valence-corrected chi connectivity index (χ4v) is 2.92. The average molecular weight is 232 g/mol. The Morgan fingerprint density at radius 1 is 1.47 bits per heavy atom. The van der Waals surface area contributed by atoms with Gasteiger partial charge >= 0.3 is 0 Å². The highest BCUT2D eigenvalue weighted by Crippen LogP contribution is 2.32. The first-order chi connectivity index (χ1) is 8.36. The molecule has 0 aromatic heterocycles. The maximum absolute atomic E-state index is 5.32. The molecule has 3 heteroatoms. The van der Waals surface area contributed by atoms with Crippen molar-refractivity contribution < 1.29 is 4.74 Å². The Morgan fingerprint density at radius 2 is 2.41 bits per heavy atom. The Morgan fingerprint density at radius 3 is 3.18 bits per heavy atom. The number of nitrogens with zero attached hydrogens (tertiary/aromatic N) is 1.